The highest BCUT2D eigenvalue weighted by Gasteiger charge is 2.27. The van der Waals surface area contributed by atoms with Crippen LogP contribution in [0.1, 0.15) is 70.3 Å². The normalized spacial score (nSPS) is 23.0. The average Bonchev–Trinajstić information content (AvgIpc) is 3.61. The molecule has 0 unspecified atom stereocenters. The lowest BCUT2D eigenvalue weighted by Gasteiger charge is -2.32. The molecule has 10 nitrogen and oxygen atoms in total. The number of nitrogens with two attached hydrogens (primary N) is 1. The minimum Gasteiger partial charge on any atom is -0.410 e. The third-order valence-electron chi connectivity index (χ3n) is 8.29. The lowest BCUT2D eigenvalue weighted by atomic mass is 9.92. The standard InChI is InChI=1S/C28H38N8O2/c29-19-10-12-20(13-11-19)32-27-33-25(24-26(34-27)36(18-30-24)22-6-4-5-7-22)31-21-14-16-35(17-15-21)28(37)38-23-8-2-1-3-9-23/h1-3,8-9,18-22H,4-7,10-17,29H2,(H2,31,32,33,34). The second kappa shape index (κ2) is 11.1. The highest BCUT2D eigenvalue weighted by Crippen LogP contribution is 2.34. The summed E-state index contributed by atoms with van der Waals surface area (Å²) in [5, 5.41) is 7.25. The Hall–Kier alpha value is -3.40. The molecule has 2 saturated carbocycles. The molecule has 1 aromatic carbocycles. The topological polar surface area (TPSA) is 123 Å². The average molecular weight is 519 g/mol. The minimum absolute atomic E-state index is 0.186. The predicted octanol–water partition coefficient (Wildman–Crippen LogP) is 4.70. The van der Waals surface area contributed by atoms with E-state index >= 15 is 0 Å². The molecule has 4 N–H and O–H groups in total. The van der Waals surface area contributed by atoms with Gasteiger partial charge in [0.1, 0.15) is 5.75 Å². The van der Waals surface area contributed by atoms with Crippen LogP contribution in [0.25, 0.3) is 11.2 Å². The third-order valence-corrected chi connectivity index (χ3v) is 8.29. The summed E-state index contributed by atoms with van der Waals surface area (Å²) in [5.74, 6) is 2.00. The van der Waals surface area contributed by atoms with Gasteiger partial charge in [-0.15, -0.1) is 0 Å². The van der Waals surface area contributed by atoms with Gasteiger partial charge >= 0.3 is 6.09 Å². The Morgan fingerprint density at radius 3 is 2.34 bits per heavy atom. The number of carbonyl (C=O) groups excluding carboxylic acids is 1. The fourth-order valence-electron chi connectivity index (χ4n) is 6.03. The monoisotopic (exact) mass is 518 g/mol. The molecule has 2 aliphatic carbocycles. The number of fused-ring (bicyclic) bond motifs is 1. The first-order valence-electron chi connectivity index (χ1n) is 14.2. The Morgan fingerprint density at radius 1 is 0.895 bits per heavy atom. The van der Waals surface area contributed by atoms with Gasteiger partial charge in [-0.3, -0.25) is 0 Å². The number of rotatable bonds is 6. The summed E-state index contributed by atoms with van der Waals surface area (Å²) in [6.45, 7) is 1.25. The number of ether oxygens (including phenoxy) is 1. The molecule has 3 fully saturated rings. The number of benzene rings is 1. The van der Waals surface area contributed by atoms with Crippen LogP contribution in [0.2, 0.25) is 0 Å². The smallest absolute Gasteiger partial charge is 0.410 e. The Kier molecular flexibility index (Phi) is 7.31. The molecule has 10 heteroatoms. The zero-order valence-corrected chi connectivity index (χ0v) is 21.9. The molecule has 3 aliphatic rings. The fraction of sp³-hybridized carbons (Fsp3) is 0.571. The zero-order valence-electron chi connectivity index (χ0n) is 21.9. The van der Waals surface area contributed by atoms with Gasteiger partial charge in [0, 0.05) is 37.3 Å². The van der Waals surface area contributed by atoms with Gasteiger partial charge in [0.15, 0.2) is 17.0 Å². The van der Waals surface area contributed by atoms with E-state index in [0.717, 1.165) is 55.5 Å². The van der Waals surface area contributed by atoms with Crippen LogP contribution in [0.5, 0.6) is 5.75 Å². The number of amides is 1. The van der Waals surface area contributed by atoms with Gasteiger partial charge in [0.05, 0.1) is 6.33 Å². The van der Waals surface area contributed by atoms with Crippen LogP contribution >= 0.6 is 0 Å². The first kappa shape index (κ1) is 24.9. The zero-order chi connectivity index (χ0) is 25.9. The minimum atomic E-state index is -0.298. The molecule has 3 heterocycles. The first-order valence-corrected chi connectivity index (χ1v) is 14.2. The maximum absolute atomic E-state index is 12.6. The highest BCUT2D eigenvalue weighted by molar-refractivity contribution is 5.84. The van der Waals surface area contributed by atoms with Crippen molar-refractivity contribution >= 4 is 29.0 Å². The van der Waals surface area contributed by atoms with Crippen LogP contribution in [0.4, 0.5) is 16.6 Å². The molecule has 0 spiro atoms. The van der Waals surface area contributed by atoms with E-state index < -0.39 is 0 Å². The van der Waals surface area contributed by atoms with E-state index in [4.69, 9.17) is 25.4 Å². The second-order valence-corrected chi connectivity index (χ2v) is 11.0. The van der Waals surface area contributed by atoms with Crippen LogP contribution in [-0.2, 0) is 0 Å². The maximum Gasteiger partial charge on any atom is 0.415 e. The maximum atomic E-state index is 12.6. The summed E-state index contributed by atoms with van der Waals surface area (Å²) >= 11 is 0. The third kappa shape index (κ3) is 5.55. The molecule has 0 radical (unpaired) electrons. The summed E-state index contributed by atoms with van der Waals surface area (Å²) in [6.07, 6.45) is 12.2. The SMILES string of the molecule is NC1CCC(Nc2nc(NC3CCN(C(=O)Oc4ccccc4)CC3)c3ncn(C4CCCC4)c3n2)CC1. The number of piperidine rings is 1. The molecule has 1 amide bonds. The van der Waals surface area contributed by atoms with Gasteiger partial charge in [0.2, 0.25) is 5.95 Å². The van der Waals surface area contributed by atoms with Crippen molar-refractivity contribution in [3.05, 3.63) is 36.7 Å². The summed E-state index contributed by atoms with van der Waals surface area (Å²) in [7, 11) is 0. The number of nitrogens with one attached hydrogen (secondary N) is 2. The summed E-state index contributed by atoms with van der Waals surface area (Å²) in [5.41, 5.74) is 7.84. The van der Waals surface area contributed by atoms with Crippen molar-refractivity contribution in [2.45, 2.75) is 88.4 Å². The van der Waals surface area contributed by atoms with Gasteiger partial charge in [-0.1, -0.05) is 31.0 Å². The van der Waals surface area contributed by atoms with Crippen LogP contribution in [0, 0.1) is 0 Å². The number of likely N-dealkylation sites (tertiary alicyclic amines) is 1. The summed E-state index contributed by atoms with van der Waals surface area (Å²) < 4.78 is 7.78. The van der Waals surface area contributed by atoms with Crippen LogP contribution in [-0.4, -0.2) is 61.7 Å². The van der Waals surface area contributed by atoms with Gasteiger partial charge in [0.25, 0.3) is 0 Å². The van der Waals surface area contributed by atoms with Crippen molar-refractivity contribution in [3.8, 4) is 5.75 Å². The van der Waals surface area contributed by atoms with Crippen molar-refractivity contribution in [3.63, 3.8) is 0 Å². The second-order valence-electron chi connectivity index (χ2n) is 11.0. The van der Waals surface area contributed by atoms with E-state index in [9.17, 15) is 4.79 Å². The van der Waals surface area contributed by atoms with Crippen molar-refractivity contribution in [2.75, 3.05) is 23.7 Å². The molecule has 2 aromatic heterocycles. The quantitative estimate of drug-likeness (QED) is 0.429. The van der Waals surface area contributed by atoms with E-state index in [2.05, 4.69) is 15.2 Å². The highest BCUT2D eigenvalue weighted by atomic mass is 16.6. The summed E-state index contributed by atoms with van der Waals surface area (Å²) in [4.78, 5) is 29.0. The molecule has 202 valence electrons. The number of nitrogens with zero attached hydrogens (tertiary/aromatic N) is 5. The molecule has 3 aromatic rings. The largest absolute Gasteiger partial charge is 0.415 e. The number of anilines is 2. The fourth-order valence-corrected chi connectivity index (χ4v) is 6.03. The van der Waals surface area contributed by atoms with Crippen molar-refractivity contribution in [1.82, 2.24) is 24.4 Å². The number of imidazole rings is 1. The van der Waals surface area contributed by atoms with Gasteiger partial charge in [-0.25, -0.2) is 9.78 Å². The van der Waals surface area contributed by atoms with Crippen LogP contribution in [0.3, 0.4) is 0 Å². The lowest BCUT2D eigenvalue weighted by Crippen LogP contribution is -2.43. The number of hydrogen-bond acceptors (Lipinski definition) is 8. The van der Waals surface area contributed by atoms with E-state index in [1.807, 2.05) is 24.5 Å². The molecule has 1 aliphatic heterocycles. The predicted molar refractivity (Wildman–Crippen MR) is 147 cm³/mol. The van der Waals surface area contributed by atoms with E-state index in [1.54, 1.807) is 17.0 Å². The number of carbonyl (C=O) groups is 1. The molecule has 0 bridgehead atoms. The molecule has 0 atom stereocenters. The number of aromatic nitrogens is 4. The molecular weight excluding hydrogens is 480 g/mol. The molecule has 38 heavy (non-hydrogen) atoms. The number of hydrogen-bond donors (Lipinski definition) is 3. The van der Waals surface area contributed by atoms with Crippen molar-refractivity contribution in [2.24, 2.45) is 5.73 Å². The van der Waals surface area contributed by atoms with Gasteiger partial charge < -0.3 is 30.6 Å². The molecule has 1 saturated heterocycles. The molecule has 6 rings (SSSR count). The van der Waals surface area contributed by atoms with Crippen LogP contribution < -0.4 is 21.1 Å². The first-order chi connectivity index (χ1) is 18.6. The Bertz CT molecular complexity index is 1230. The Labute approximate surface area is 223 Å². The number of para-hydroxylation sites is 1. The summed E-state index contributed by atoms with van der Waals surface area (Å²) in [6, 6.07) is 10.5. The Morgan fingerprint density at radius 2 is 1.61 bits per heavy atom. The van der Waals surface area contributed by atoms with Crippen molar-refractivity contribution in [1.29, 1.82) is 0 Å². The van der Waals surface area contributed by atoms with Gasteiger partial charge in [-0.2, -0.15) is 9.97 Å². The van der Waals surface area contributed by atoms with E-state index in [1.165, 1.54) is 25.7 Å². The van der Waals surface area contributed by atoms with Gasteiger partial charge in [-0.05, 0) is 63.5 Å². The van der Waals surface area contributed by atoms with E-state index in [0.29, 0.717) is 42.9 Å². The van der Waals surface area contributed by atoms with Crippen molar-refractivity contribution < 1.29 is 9.53 Å². The molecular formula is C28H38N8O2. The van der Waals surface area contributed by atoms with E-state index in [-0.39, 0.29) is 12.1 Å². The lowest BCUT2D eigenvalue weighted by molar-refractivity contribution is 0.140. The Balaban J connectivity index is 1.17. The van der Waals surface area contributed by atoms with Crippen LogP contribution in [0.15, 0.2) is 36.7 Å².